The second kappa shape index (κ2) is 11.7. The van der Waals surface area contributed by atoms with Gasteiger partial charge >= 0.3 is 0 Å². The summed E-state index contributed by atoms with van der Waals surface area (Å²) in [6.45, 7) is 1.66. The number of carbonyl (C=O) groups excluding carboxylic acids is 1. The monoisotopic (exact) mass is 342 g/mol. The van der Waals surface area contributed by atoms with E-state index in [2.05, 4.69) is 30.6 Å². The molecule has 0 fully saturated rings. The van der Waals surface area contributed by atoms with Gasteiger partial charge in [0.25, 0.3) is 0 Å². The lowest BCUT2D eigenvalue weighted by Crippen LogP contribution is -2.27. The summed E-state index contributed by atoms with van der Waals surface area (Å²) < 4.78 is 5.65. The van der Waals surface area contributed by atoms with E-state index in [9.17, 15) is 4.79 Å². The zero-order chi connectivity index (χ0) is 16.2. The lowest BCUT2D eigenvalue weighted by Gasteiger charge is -2.11. The summed E-state index contributed by atoms with van der Waals surface area (Å²) in [5.74, 6) is 2.22. The quantitative estimate of drug-likeness (QED) is 0.369. The van der Waals surface area contributed by atoms with Crippen molar-refractivity contribution in [3.05, 3.63) is 29.3 Å². The maximum Gasteiger partial charge on any atom is 0.220 e. The lowest BCUT2D eigenvalue weighted by molar-refractivity contribution is -0.121. The van der Waals surface area contributed by atoms with Crippen molar-refractivity contribution in [1.29, 1.82) is 0 Å². The van der Waals surface area contributed by atoms with Crippen molar-refractivity contribution in [1.82, 2.24) is 5.32 Å². The Labute approximate surface area is 144 Å². The van der Waals surface area contributed by atoms with Crippen molar-refractivity contribution in [3.8, 4) is 5.75 Å². The van der Waals surface area contributed by atoms with Gasteiger partial charge in [-0.15, -0.1) is 0 Å². The molecule has 0 heterocycles. The van der Waals surface area contributed by atoms with Gasteiger partial charge in [0, 0.05) is 17.9 Å². The van der Waals surface area contributed by atoms with Crippen LogP contribution in [0.3, 0.4) is 0 Å². The van der Waals surface area contributed by atoms with Crippen LogP contribution in [0.1, 0.15) is 36.8 Å². The summed E-state index contributed by atoms with van der Waals surface area (Å²) in [5.41, 5.74) is 7.70. The molecule has 124 valence electrons. The average Bonchev–Trinajstić information content (AvgIpc) is 2.55. The number of unbranched alkanes of at least 4 members (excludes halogenated alkanes) is 2. The first-order valence-electron chi connectivity index (χ1n) is 7.64. The molecule has 0 atom stereocenters. The Morgan fingerprint density at radius 1 is 1.14 bits per heavy atom. The Balaban J connectivity index is 2.23. The highest BCUT2D eigenvalue weighted by Gasteiger charge is 2.03. The number of ether oxygens (including phenoxy) is 1. The molecule has 0 bridgehead atoms. The molecule has 0 unspecified atom stereocenters. The van der Waals surface area contributed by atoms with Gasteiger partial charge < -0.3 is 15.8 Å². The van der Waals surface area contributed by atoms with E-state index in [1.807, 2.05) is 18.2 Å². The normalized spacial score (nSPS) is 10.5. The van der Waals surface area contributed by atoms with Gasteiger partial charge in [0.1, 0.15) is 12.4 Å². The number of hydrogen-bond donors (Lipinski definition) is 4. The van der Waals surface area contributed by atoms with Crippen LogP contribution >= 0.6 is 25.3 Å². The van der Waals surface area contributed by atoms with Gasteiger partial charge in [-0.3, -0.25) is 4.79 Å². The summed E-state index contributed by atoms with van der Waals surface area (Å²) in [7, 11) is 0. The number of hydrogen-bond acceptors (Lipinski definition) is 5. The molecule has 4 nitrogen and oxygen atoms in total. The van der Waals surface area contributed by atoms with Crippen molar-refractivity contribution < 1.29 is 9.53 Å². The predicted molar refractivity (Wildman–Crippen MR) is 97.8 cm³/mol. The third-order valence-corrected chi connectivity index (χ3v) is 4.00. The summed E-state index contributed by atoms with van der Waals surface area (Å²) in [6, 6.07) is 5.91. The molecule has 0 aromatic heterocycles. The SMILES string of the molecule is NCCCCCC(=O)NCCOc1ccc(CS)c(CS)c1. The van der Waals surface area contributed by atoms with Gasteiger partial charge in [-0.25, -0.2) is 0 Å². The van der Waals surface area contributed by atoms with E-state index >= 15 is 0 Å². The summed E-state index contributed by atoms with van der Waals surface area (Å²) in [6.07, 6.45) is 3.43. The van der Waals surface area contributed by atoms with Crippen molar-refractivity contribution in [2.24, 2.45) is 5.73 Å². The zero-order valence-corrected chi connectivity index (χ0v) is 14.7. The molecule has 1 amide bonds. The minimum Gasteiger partial charge on any atom is -0.492 e. The summed E-state index contributed by atoms with van der Waals surface area (Å²) >= 11 is 8.60. The van der Waals surface area contributed by atoms with Crippen LogP contribution in [0.5, 0.6) is 5.75 Å². The molecule has 3 N–H and O–H groups in total. The Hall–Kier alpha value is -0.850. The highest BCUT2D eigenvalue weighted by Crippen LogP contribution is 2.20. The molecule has 0 saturated carbocycles. The van der Waals surface area contributed by atoms with Gasteiger partial charge in [-0.2, -0.15) is 25.3 Å². The maximum absolute atomic E-state index is 11.6. The standard InChI is InChI=1S/C16H26N2O2S2/c17-7-3-1-2-4-16(19)18-8-9-20-15-6-5-13(11-21)14(10-15)12-22/h5-6,10,21-22H,1-4,7-9,11-12,17H2,(H,18,19). The number of thiol groups is 2. The second-order valence-electron chi connectivity index (χ2n) is 5.04. The molecule has 0 aliphatic carbocycles. The third-order valence-electron chi connectivity index (χ3n) is 3.32. The van der Waals surface area contributed by atoms with E-state index in [0.717, 1.165) is 36.1 Å². The van der Waals surface area contributed by atoms with E-state index in [0.29, 0.717) is 37.6 Å². The smallest absolute Gasteiger partial charge is 0.220 e. The van der Waals surface area contributed by atoms with Crippen molar-refractivity contribution >= 4 is 31.2 Å². The van der Waals surface area contributed by atoms with E-state index in [1.54, 1.807) is 0 Å². The fourth-order valence-corrected chi connectivity index (χ4v) is 2.65. The van der Waals surface area contributed by atoms with Gasteiger partial charge in [0.15, 0.2) is 0 Å². The van der Waals surface area contributed by atoms with Crippen LogP contribution < -0.4 is 15.8 Å². The second-order valence-corrected chi connectivity index (χ2v) is 5.68. The van der Waals surface area contributed by atoms with Crippen molar-refractivity contribution in [2.75, 3.05) is 19.7 Å². The van der Waals surface area contributed by atoms with Crippen LogP contribution in [0, 0.1) is 0 Å². The Morgan fingerprint density at radius 2 is 1.91 bits per heavy atom. The lowest BCUT2D eigenvalue weighted by atomic mass is 10.1. The molecule has 0 radical (unpaired) electrons. The zero-order valence-electron chi connectivity index (χ0n) is 12.9. The topological polar surface area (TPSA) is 64.4 Å². The first-order chi connectivity index (χ1) is 10.7. The van der Waals surface area contributed by atoms with E-state index in [-0.39, 0.29) is 5.91 Å². The Morgan fingerprint density at radius 3 is 2.59 bits per heavy atom. The first-order valence-corrected chi connectivity index (χ1v) is 8.90. The molecular weight excluding hydrogens is 316 g/mol. The van der Waals surface area contributed by atoms with Gasteiger partial charge in [-0.05, 0) is 42.6 Å². The highest BCUT2D eigenvalue weighted by molar-refractivity contribution is 7.79. The summed E-state index contributed by atoms with van der Waals surface area (Å²) in [5, 5.41) is 2.86. The average molecular weight is 343 g/mol. The molecule has 1 aromatic carbocycles. The van der Waals surface area contributed by atoms with Gasteiger partial charge in [0.05, 0.1) is 6.54 Å². The van der Waals surface area contributed by atoms with Crippen LogP contribution in [0.25, 0.3) is 0 Å². The van der Waals surface area contributed by atoms with Crippen LogP contribution in [0.2, 0.25) is 0 Å². The molecule has 1 aromatic rings. The fourth-order valence-electron chi connectivity index (χ4n) is 2.05. The highest BCUT2D eigenvalue weighted by atomic mass is 32.1. The minimum atomic E-state index is 0.0714. The van der Waals surface area contributed by atoms with Crippen molar-refractivity contribution in [3.63, 3.8) is 0 Å². The van der Waals surface area contributed by atoms with Crippen LogP contribution in [-0.2, 0) is 16.3 Å². The van der Waals surface area contributed by atoms with E-state index < -0.39 is 0 Å². The number of carbonyl (C=O) groups is 1. The summed E-state index contributed by atoms with van der Waals surface area (Å²) in [4.78, 5) is 11.6. The minimum absolute atomic E-state index is 0.0714. The van der Waals surface area contributed by atoms with E-state index in [4.69, 9.17) is 10.5 Å². The first kappa shape index (κ1) is 19.2. The molecule has 1 rings (SSSR count). The van der Waals surface area contributed by atoms with Crippen LogP contribution in [-0.4, -0.2) is 25.6 Å². The molecule has 22 heavy (non-hydrogen) atoms. The van der Waals surface area contributed by atoms with Crippen molar-refractivity contribution in [2.45, 2.75) is 37.2 Å². The maximum atomic E-state index is 11.6. The molecule has 6 heteroatoms. The molecular formula is C16H26N2O2S2. The van der Waals surface area contributed by atoms with Crippen LogP contribution in [0.4, 0.5) is 0 Å². The largest absolute Gasteiger partial charge is 0.492 e. The number of rotatable bonds is 11. The fraction of sp³-hybridized carbons (Fsp3) is 0.562. The molecule has 0 aliphatic heterocycles. The number of amides is 1. The van der Waals surface area contributed by atoms with Crippen LogP contribution in [0.15, 0.2) is 18.2 Å². The molecule has 0 aliphatic rings. The number of nitrogens with one attached hydrogen (secondary N) is 1. The molecule has 0 saturated heterocycles. The van der Waals surface area contributed by atoms with E-state index in [1.165, 1.54) is 0 Å². The van der Waals surface area contributed by atoms with Gasteiger partial charge in [0.2, 0.25) is 5.91 Å². The number of nitrogens with two attached hydrogens (primary N) is 1. The Kier molecular flexibility index (Phi) is 10.2. The Bertz CT molecular complexity index is 456. The van der Waals surface area contributed by atoms with Gasteiger partial charge in [-0.1, -0.05) is 12.5 Å². The number of benzene rings is 1. The predicted octanol–water partition coefficient (Wildman–Crippen LogP) is 2.56. The molecule has 0 spiro atoms. The third kappa shape index (κ3) is 7.42.